The van der Waals surface area contributed by atoms with E-state index in [2.05, 4.69) is 10.6 Å². The summed E-state index contributed by atoms with van der Waals surface area (Å²) in [5.74, 6) is -0.216. The number of hydrogen-bond acceptors (Lipinski definition) is 3. The lowest BCUT2D eigenvalue weighted by Crippen LogP contribution is -2.40. The van der Waals surface area contributed by atoms with Crippen LogP contribution in [0.4, 0.5) is 15.8 Å². The highest BCUT2D eigenvalue weighted by molar-refractivity contribution is 6.42. The van der Waals surface area contributed by atoms with E-state index in [0.717, 1.165) is 49.2 Å². The second-order valence-electron chi connectivity index (χ2n) is 8.71. The van der Waals surface area contributed by atoms with E-state index in [1.165, 1.54) is 12.1 Å². The minimum atomic E-state index is -0.745. The van der Waals surface area contributed by atoms with Crippen LogP contribution in [0.3, 0.4) is 0 Å². The van der Waals surface area contributed by atoms with Crippen molar-refractivity contribution in [3.63, 3.8) is 0 Å². The lowest BCUT2D eigenvalue weighted by Gasteiger charge is -2.35. The Morgan fingerprint density at radius 3 is 2.57 bits per heavy atom. The highest BCUT2D eigenvalue weighted by Crippen LogP contribution is 2.54. The molecule has 1 amide bonds. The molecule has 1 unspecified atom stereocenters. The lowest BCUT2D eigenvalue weighted by atomic mass is 9.78. The molecule has 5 rings (SSSR count). The molecule has 7 heteroatoms. The van der Waals surface area contributed by atoms with E-state index in [0.29, 0.717) is 23.6 Å². The third-order valence-corrected chi connectivity index (χ3v) is 7.91. The normalized spacial score (nSPS) is 24.7. The zero-order valence-electron chi connectivity index (χ0n) is 16.8. The number of likely N-dealkylation sites (N-methyl/N-ethyl adjacent to an activating group) is 1. The zero-order valence-corrected chi connectivity index (χ0v) is 18.3. The number of rotatable bonds is 3. The van der Waals surface area contributed by atoms with Crippen molar-refractivity contribution in [1.82, 2.24) is 5.32 Å². The molecule has 4 nitrogen and oxygen atoms in total. The second kappa shape index (κ2) is 7.11. The van der Waals surface area contributed by atoms with E-state index in [4.69, 9.17) is 23.2 Å². The van der Waals surface area contributed by atoms with E-state index < -0.39 is 11.0 Å². The Hall–Kier alpha value is -1.82. The van der Waals surface area contributed by atoms with Gasteiger partial charge in [0.2, 0.25) is 5.91 Å². The zero-order chi connectivity index (χ0) is 21.1. The molecule has 158 valence electrons. The summed E-state index contributed by atoms with van der Waals surface area (Å²) in [7, 11) is 1.85. The molecule has 2 aromatic carbocycles. The van der Waals surface area contributed by atoms with Crippen molar-refractivity contribution in [3.05, 3.63) is 57.3 Å². The number of fused-ring (bicyclic) bond motifs is 2. The van der Waals surface area contributed by atoms with Crippen molar-refractivity contribution in [2.75, 3.05) is 30.4 Å². The fourth-order valence-electron chi connectivity index (χ4n) is 5.70. The molecule has 2 heterocycles. The summed E-state index contributed by atoms with van der Waals surface area (Å²) in [5.41, 5.74) is 2.01. The number of anilines is 2. The highest BCUT2D eigenvalue weighted by Gasteiger charge is 2.53. The maximum absolute atomic E-state index is 15.0. The summed E-state index contributed by atoms with van der Waals surface area (Å²) in [6.45, 7) is 1.25. The average molecular weight is 448 g/mol. The van der Waals surface area contributed by atoms with Crippen LogP contribution in [0.2, 0.25) is 10.0 Å². The fourth-order valence-corrected chi connectivity index (χ4v) is 6.20. The molecule has 1 saturated carbocycles. The van der Waals surface area contributed by atoms with Gasteiger partial charge in [-0.1, -0.05) is 42.1 Å². The smallest absolute Gasteiger partial charge is 0.237 e. The Labute approximate surface area is 185 Å². The first-order chi connectivity index (χ1) is 14.4. The standard InChI is InChI=1S/C23H24Cl2FN3O/c1-29-17-6-4-5-16(19(17)22(21(29)30)9-2-3-10-22)28-23(11-12-27-13-23)18-15(26)8-7-14(24)20(18)25/h4-8,27-28H,2-3,9-13H2,1H3. The minimum Gasteiger partial charge on any atom is -0.374 e. The van der Waals surface area contributed by atoms with Crippen molar-refractivity contribution in [3.8, 4) is 0 Å². The number of amides is 1. The van der Waals surface area contributed by atoms with Crippen molar-refractivity contribution < 1.29 is 9.18 Å². The van der Waals surface area contributed by atoms with E-state index in [1.54, 1.807) is 4.90 Å². The Balaban J connectivity index is 1.67. The van der Waals surface area contributed by atoms with Gasteiger partial charge < -0.3 is 15.5 Å². The number of carbonyl (C=O) groups excluding carboxylic acids is 1. The summed E-state index contributed by atoms with van der Waals surface area (Å²) < 4.78 is 15.0. The summed E-state index contributed by atoms with van der Waals surface area (Å²) in [6.07, 6.45) is 4.42. The van der Waals surface area contributed by atoms with E-state index in [9.17, 15) is 4.79 Å². The maximum Gasteiger partial charge on any atom is 0.237 e. The number of nitrogens with zero attached hydrogens (tertiary/aromatic N) is 1. The van der Waals surface area contributed by atoms with Crippen LogP contribution in [0.1, 0.15) is 43.2 Å². The molecule has 2 aliphatic heterocycles. The molecule has 1 aliphatic carbocycles. The second-order valence-corrected chi connectivity index (χ2v) is 9.49. The van der Waals surface area contributed by atoms with Crippen LogP contribution in [0, 0.1) is 5.82 Å². The first kappa shape index (κ1) is 20.1. The first-order valence-corrected chi connectivity index (χ1v) is 11.2. The average Bonchev–Trinajstić information content (AvgIpc) is 3.44. The van der Waals surface area contributed by atoms with Crippen molar-refractivity contribution in [2.24, 2.45) is 0 Å². The quantitative estimate of drug-likeness (QED) is 0.633. The molecule has 3 aliphatic rings. The molecular formula is C23H24Cl2FN3O. The molecule has 1 spiro atoms. The molecule has 1 saturated heterocycles. The molecule has 0 bridgehead atoms. The van der Waals surface area contributed by atoms with Gasteiger partial charge in [0.1, 0.15) is 5.82 Å². The molecular weight excluding hydrogens is 424 g/mol. The van der Waals surface area contributed by atoms with Gasteiger partial charge in [0.15, 0.2) is 0 Å². The molecule has 2 aromatic rings. The summed E-state index contributed by atoms with van der Waals surface area (Å²) in [5, 5.41) is 7.57. The molecule has 2 N–H and O–H groups in total. The van der Waals surface area contributed by atoms with Crippen molar-refractivity contribution >= 4 is 40.5 Å². The minimum absolute atomic E-state index is 0.162. The van der Waals surface area contributed by atoms with Gasteiger partial charge in [0.05, 0.1) is 21.0 Å². The first-order valence-electron chi connectivity index (χ1n) is 10.4. The summed E-state index contributed by atoms with van der Waals surface area (Å²) in [4.78, 5) is 15.0. The monoisotopic (exact) mass is 447 g/mol. The van der Waals surface area contributed by atoms with Gasteiger partial charge in [0.25, 0.3) is 0 Å². The number of hydrogen-bond donors (Lipinski definition) is 2. The van der Waals surface area contributed by atoms with Gasteiger partial charge in [-0.3, -0.25) is 4.79 Å². The topological polar surface area (TPSA) is 44.4 Å². The largest absolute Gasteiger partial charge is 0.374 e. The van der Waals surface area contributed by atoms with Gasteiger partial charge in [-0.2, -0.15) is 0 Å². The summed E-state index contributed by atoms with van der Waals surface area (Å²) in [6, 6.07) is 8.81. The maximum atomic E-state index is 15.0. The molecule has 0 aromatic heterocycles. The van der Waals surface area contributed by atoms with Crippen LogP contribution in [0.5, 0.6) is 0 Å². The Morgan fingerprint density at radius 1 is 1.10 bits per heavy atom. The van der Waals surface area contributed by atoms with Gasteiger partial charge in [-0.15, -0.1) is 0 Å². The van der Waals surface area contributed by atoms with Gasteiger partial charge in [0, 0.05) is 36.1 Å². The number of nitrogens with one attached hydrogen (secondary N) is 2. The fraction of sp³-hybridized carbons (Fsp3) is 0.435. The van der Waals surface area contributed by atoms with Crippen LogP contribution in [-0.2, 0) is 15.7 Å². The van der Waals surface area contributed by atoms with Crippen LogP contribution in [0.25, 0.3) is 0 Å². The van der Waals surface area contributed by atoms with Gasteiger partial charge in [-0.25, -0.2) is 4.39 Å². The van der Waals surface area contributed by atoms with Crippen molar-refractivity contribution in [2.45, 2.75) is 43.1 Å². The van der Waals surface area contributed by atoms with Crippen LogP contribution < -0.4 is 15.5 Å². The van der Waals surface area contributed by atoms with Crippen LogP contribution in [-0.4, -0.2) is 26.0 Å². The van der Waals surface area contributed by atoms with Crippen LogP contribution in [0.15, 0.2) is 30.3 Å². The molecule has 2 fully saturated rings. The number of carbonyl (C=O) groups is 1. The predicted octanol–water partition coefficient (Wildman–Crippen LogP) is 5.22. The number of benzene rings is 2. The molecule has 30 heavy (non-hydrogen) atoms. The highest BCUT2D eigenvalue weighted by atomic mass is 35.5. The van der Waals surface area contributed by atoms with E-state index in [-0.39, 0.29) is 16.7 Å². The molecule has 1 atom stereocenters. The Kier molecular flexibility index (Phi) is 4.77. The van der Waals surface area contributed by atoms with Gasteiger partial charge in [-0.05, 0) is 50.1 Å². The summed E-state index contributed by atoms with van der Waals surface area (Å²) >= 11 is 12.8. The third-order valence-electron chi connectivity index (χ3n) is 7.11. The predicted molar refractivity (Wildman–Crippen MR) is 119 cm³/mol. The van der Waals surface area contributed by atoms with Crippen molar-refractivity contribution in [1.29, 1.82) is 0 Å². The molecule has 0 radical (unpaired) electrons. The number of halogens is 3. The SMILES string of the molecule is CN1C(=O)C2(CCCC2)c2c(NC3(c4c(F)ccc(Cl)c4Cl)CCNC3)cccc21. The Morgan fingerprint density at radius 2 is 1.87 bits per heavy atom. The van der Waals surface area contributed by atoms with E-state index >= 15 is 4.39 Å². The van der Waals surface area contributed by atoms with Gasteiger partial charge >= 0.3 is 0 Å². The van der Waals surface area contributed by atoms with Crippen LogP contribution >= 0.6 is 23.2 Å². The third kappa shape index (κ3) is 2.72. The van der Waals surface area contributed by atoms with E-state index in [1.807, 2.05) is 25.2 Å². The lowest BCUT2D eigenvalue weighted by molar-refractivity contribution is -0.122. The Bertz CT molecular complexity index is 1030.